The van der Waals surface area contributed by atoms with Crippen LogP contribution in [-0.2, 0) is 0 Å². The molecule has 0 saturated carbocycles. The Bertz CT molecular complexity index is 1880. The standard InChI is InChI=1S/C30H26N8O6/c31-23(13-37(33)19-3-5-21(29(41)42)25(39)9-19)17-7-15-1-2-16-8-18(12-36-28(16)27(15)35-11-17)24(32)14-38(34)20-4-6-22(30(43)44)26(40)10-20/h1-14,39-40H,31-34H2,(H,41,42)(H,43,44)/b23-13-,24-14-. The van der Waals surface area contributed by atoms with Crippen molar-refractivity contribution in [3.05, 3.63) is 108 Å². The van der Waals surface area contributed by atoms with Crippen molar-refractivity contribution in [3.63, 3.8) is 0 Å². The molecule has 14 nitrogen and oxygen atoms in total. The van der Waals surface area contributed by atoms with Crippen molar-refractivity contribution >= 4 is 56.5 Å². The molecule has 2 heterocycles. The van der Waals surface area contributed by atoms with Gasteiger partial charge in [0, 0.05) is 58.8 Å². The topological polar surface area (TPSA) is 251 Å². The lowest BCUT2D eigenvalue weighted by Crippen LogP contribution is -2.25. The Kier molecular flexibility index (Phi) is 7.60. The number of nitrogens with two attached hydrogens (primary N) is 4. The zero-order chi connectivity index (χ0) is 31.7. The fraction of sp³-hybridized carbons (Fsp3) is 0. The van der Waals surface area contributed by atoms with Crippen LogP contribution in [0.15, 0.2) is 85.5 Å². The molecular weight excluding hydrogens is 568 g/mol. The average molecular weight is 595 g/mol. The SMILES string of the molecule is N/C(=C\N(N)c1ccc(C(=O)O)c(O)c1)c1cnc2c(ccc3cc(/C(N)=C/N(N)c4ccc(C(=O)O)c(O)c4)cnc32)c1. The number of aromatic carboxylic acids is 2. The number of carbonyl (C=O) groups is 2. The van der Waals surface area contributed by atoms with Gasteiger partial charge in [0.2, 0.25) is 0 Å². The largest absolute Gasteiger partial charge is 0.507 e. The number of hydrazine groups is 2. The van der Waals surface area contributed by atoms with Gasteiger partial charge in [-0.05, 0) is 36.4 Å². The lowest BCUT2D eigenvalue weighted by molar-refractivity contribution is 0.0682. The predicted octanol–water partition coefficient (Wildman–Crippen LogP) is 2.87. The molecule has 14 heteroatoms. The van der Waals surface area contributed by atoms with E-state index in [0.29, 0.717) is 33.5 Å². The maximum atomic E-state index is 11.1. The first-order valence-corrected chi connectivity index (χ1v) is 12.8. The smallest absolute Gasteiger partial charge is 0.339 e. The summed E-state index contributed by atoms with van der Waals surface area (Å²) in [6.07, 6.45) is 5.96. The third-order valence-corrected chi connectivity index (χ3v) is 6.74. The molecular formula is C30H26N8O6. The van der Waals surface area contributed by atoms with E-state index in [1.54, 1.807) is 12.4 Å². The zero-order valence-electron chi connectivity index (χ0n) is 22.8. The third kappa shape index (κ3) is 5.69. The van der Waals surface area contributed by atoms with Gasteiger partial charge in [0.05, 0.1) is 33.8 Å². The van der Waals surface area contributed by atoms with Gasteiger partial charge in [-0.2, -0.15) is 0 Å². The number of rotatable bonds is 8. The molecule has 2 aromatic heterocycles. The van der Waals surface area contributed by atoms with E-state index in [2.05, 4.69) is 9.97 Å². The fourth-order valence-corrected chi connectivity index (χ4v) is 4.43. The zero-order valence-corrected chi connectivity index (χ0v) is 22.8. The molecule has 0 radical (unpaired) electrons. The maximum absolute atomic E-state index is 11.1. The fourth-order valence-electron chi connectivity index (χ4n) is 4.43. The lowest BCUT2D eigenvalue weighted by Gasteiger charge is -2.16. The number of aromatic nitrogens is 2. The molecule has 44 heavy (non-hydrogen) atoms. The second-order valence-electron chi connectivity index (χ2n) is 9.65. The van der Waals surface area contributed by atoms with Crippen LogP contribution in [-0.4, -0.2) is 42.3 Å². The summed E-state index contributed by atoms with van der Waals surface area (Å²) < 4.78 is 0. The molecule has 0 aliphatic rings. The molecule has 0 aliphatic carbocycles. The summed E-state index contributed by atoms with van der Waals surface area (Å²) in [5.74, 6) is 8.75. The van der Waals surface area contributed by atoms with Crippen LogP contribution in [0.3, 0.4) is 0 Å². The molecule has 5 aromatic rings. The second kappa shape index (κ2) is 11.5. The maximum Gasteiger partial charge on any atom is 0.339 e. The molecule has 0 bridgehead atoms. The Morgan fingerprint density at radius 3 is 1.36 bits per heavy atom. The molecule has 0 unspecified atom stereocenters. The molecule has 222 valence electrons. The Morgan fingerprint density at radius 2 is 1.02 bits per heavy atom. The quantitative estimate of drug-likeness (QED) is 0.0730. The van der Waals surface area contributed by atoms with Gasteiger partial charge in [0.15, 0.2) is 0 Å². The number of hydrogen-bond donors (Lipinski definition) is 8. The summed E-state index contributed by atoms with van der Waals surface area (Å²) >= 11 is 0. The van der Waals surface area contributed by atoms with Gasteiger partial charge < -0.3 is 31.9 Å². The minimum absolute atomic E-state index is 0.253. The number of carboxylic acids is 2. The summed E-state index contributed by atoms with van der Waals surface area (Å²) in [6, 6.07) is 15.1. The molecule has 0 spiro atoms. The number of hydrogen-bond acceptors (Lipinski definition) is 12. The first-order valence-electron chi connectivity index (χ1n) is 12.8. The Morgan fingerprint density at radius 1 is 0.636 bits per heavy atom. The van der Waals surface area contributed by atoms with Crippen LogP contribution in [0.2, 0.25) is 0 Å². The Balaban J connectivity index is 1.39. The molecule has 0 fully saturated rings. The average Bonchev–Trinajstić information content (AvgIpc) is 2.99. The van der Waals surface area contributed by atoms with Crippen molar-refractivity contribution in [2.75, 3.05) is 10.0 Å². The predicted molar refractivity (Wildman–Crippen MR) is 165 cm³/mol. The first-order chi connectivity index (χ1) is 20.9. The van der Waals surface area contributed by atoms with E-state index in [0.717, 1.165) is 20.8 Å². The van der Waals surface area contributed by atoms with E-state index in [1.807, 2.05) is 24.3 Å². The van der Waals surface area contributed by atoms with Crippen molar-refractivity contribution in [1.82, 2.24) is 9.97 Å². The van der Waals surface area contributed by atoms with Crippen molar-refractivity contribution in [1.29, 1.82) is 0 Å². The number of fused-ring (bicyclic) bond motifs is 3. The number of anilines is 2. The molecule has 3 aromatic carbocycles. The van der Waals surface area contributed by atoms with Crippen LogP contribution in [0.4, 0.5) is 11.4 Å². The van der Waals surface area contributed by atoms with E-state index >= 15 is 0 Å². The first kappa shape index (κ1) is 29.1. The molecule has 12 N–H and O–H groups in total. The Labute approximate surface area is 248 Å². The highest BCUT2D eigenvalue weighted by Gasteiger charge is 2.14. The minimum Gasteiger partial charge on any atom is -0.507 e. The van der Waals surface area contributed by atoms with Crippen LogP contribution in [0, 0.1) is 0 Å². The number of nitrogens with zero attached hydrogens (tertiary/aromatic N) is 4. The number of benzene rings is 3. The van der Waals surface area contributed by atoms with Gasteiger partial charge >= 0.3 is 11.9 Å². The highest BCUT2D eigenvalue weighted by atomic mass is 16.4. The van der Waals surface area contributed by atoms with Crippen LogP contribution >= 0.6 is 0 Å². The number of aromatic hydroxyl groups is 2. The van der Waals surface area contributed by atoms with E-state index in [4.69, 9.17) is 33.4 Å². The van der Waals surface area contributed by atoms with Gasteiger partial charge in [-0.1, -0.05) is 12.1 Å². The number of carboxylic acid groups (broad SMARTS) is 2. The van der Waals surface area contributed by atoms with E-state index in [9.17, 15) is 19.8 Å². The van der Waals surface area contributed by atoms with E-state index in [-0.39, 0.29) is 22.5 Å². The minimum atomic E-state index is -1.26. The lowest BCUT2D eigenvalue weighted by atomic mass is 10.1. The molecule has 0 atom stereocenters. The van der Waals surface area contributed by atoms with Crippen molar-refractivity contribution in [2.24, 2.45) is 23.2 Å². The third-order valence-electron chi connectivity index (χ3n) is 6.74. The molecule has 0 saturated heterocycles. The summed E-state index contributed by atoms with van der Waals surface area (Å²) in [6.45, 7) is 0. The van der Waals surface area contributed by atoms with Crippen LogP contribution in [0.5, 0.6) is 11.5 Å². The van der Waals surface area contributed by atoms with Crippen molar-refractivity contribution in [2.45, 2.75) is 0 Å². The second-order valence-corrected chi connectivity index (χ2v) is 9.65. The van der Waals surface area contributed by atoms with Gasteiger partial charge in [0.25, 0.3) is 0 Å². The van der Waals surface area contributed by atoms with Crippen LogP contribution in [0.25, 0.3) is 33.2 Å². The summed E-state index contributed by atoms with van der Waals surface area (Å²) in [5.41, 5.74) is 15.5. The van der Waals surface area contributed by atoms with Gasteiger partial charge in [0.1, 0.15) is 22.6 Å². The monoisotopic (exact) mass is 594 g/mol. The van der Waals surface area contributed by atoms with Crippen molar-refractivity contribution < 1.29 is 30.0 Å². The highest BCUT2D eigenvalue weighted by molar-refractivity contribution is 6.04. The molecule has 0 amide bonds. The van der Waals surface area contributed by atoms with Crippen LogP contribution < -0.4 is 33.2 Å². The van der Waals surface area contributed by atoms with E-state index < -0.39 is 23.4 Å². The summed E-state index contributed by atoms with van der Waals surface area (Å²) in [5, 5.41) is 41.9. The van der Waals surface area contributed by atoms with E-state index in [1.165, 1.54) is 48.8 Å². The van der Waals surface area contributed by atoms with Gasteiger partial charge in [-0.3, -0.25) is 20.0 Å². The Hall–Kier alpha value is -6.38. The van der Waals surface area contributed by atoms with Crippen LogP contribution in [0.1, 0.15) is 31.8 Å². The van der Waals surface area contributed by atoms with Crippen molar-refractivity contribution in [3.8, 4) is 11.5 Å². The highest BCUT2D eigenvalue weighted by Crippen LogP contribution is 2.28. The normalized spacial score (nSPS) is 12.0. The van der Waals surface area contributed by atoms with Gasteiger partial charge in [-0.15, -0.1) is 0 Å². The number of pyridine rings is 2. The summed E-state index contributed by atoms with van der Waals surface area (Å²) in [4.78, 5) is 31.4. The number of phenols is 2. The molecule has 0 aliphatic heterocycles. The van der Waals surface area contributed by atoms with Gasteiger partial charge in [-0.25, -0.2) is 21.3 Å². The summed E-state index contributed by atoms with van der Waals surface area (Å²) in [7, 11) is 0. The molecule has 5 rings (SSSR count).